The molecule has 0 aromatic rings. The summed E-state index contributed by atoms with van der Waals surface area (Å²) in [6, 6.07) is 0. The van der Waals surface area contributed by atoms with Gasteiger partial charge in [-0.15, -0.1) is 0 Å². The van der Waals surface area contributed by atoms with E-state index in [1.807, 2.05) is 13.8 Å². The zero-order valence-corrected chi connectivity index (χ0v) is 13.3. The van der Waals surface area contributed by atoms with Crippen LogP contribution in [-0.2, 0) is 23.8 Å². The van der Waals surface area contributed by atoms with Crippen LogP contribution in [0.25, 0.3) is 0 Å². The molecule has 0 aliphatic carbocycles. The van der Waals surface area contributed by atoms with Crippen LogP contribution >= 0.6 is 0 Å². The Balaban J connectivity index is 3.44. The van der Waals surface area contributed by atoms with Crippen molar-refractivity contribution in [2.24, 2.45) is 5.92 Å². The van der Waals surface area contributed by atoms with Crippen molar-refractivity contribution < 1.29 is 28.6 Å². The second-order valence-electron chi connectivity index (χ2n) is 4.62. The van der Waals surface area contributed by atoms with Crippen LogP contribution in [0, 0.1) is 5.92 Å². The van der Waals surface area contributed by atoms with Crippen LogP contribution in [0.4, 0.5) is 4.79 Å². The molecule has 0 spiro atoms. The molecule has 1 atom stereocenters. The van der Waals surface area contributed by atoms with Gasteiger partial charge in [0, 0.05) is 6.08 Å². The monoisotopic (exact) mass is 315 g/mol. The zero-order valence-electron chi connectivity index (χ0n) is 13.3. The maximum absolute atomic E-state index is 11.4. The molecule has 0 aliphatic heterocycles. The molecule has 1 amide bonds. The van der Waals surface area contributed by atoms with E-state index in [1.165, 1.54) is 0 Å². The van der Waals surface area contributed by atoms with Crippen LogP contribution in [0.2, 0.25) is 0 Å². The van der Waals surface area contributed by atoms with Crippen molar-refractivity contribution in [3.05, 3.63) is 12.7 Å². The van der Waals surface area contributed by atoms with Gasteiger partial charge in [0.15, 0.2) is 0 Å². The van der Waals surface area contributed by atoms with E-state index in [0.29, 0.717) is 19.4 Å². The fourth-order valence-electron chi connectivity index (χ4n) is 1.27. The molecule has 1 unspecified atom stereocenters. The quantitative estimate of drug-likeness (QED) is 0.271. The normalized spacial score (nSPS) is 11.2. The Labute approximate surface area is 131 Å². The van der Waals surface area contributed by atoms with Crippen LogP contribution in [0.5, 0.6) is 0 Å². The lowest BCUT2D eigenvalue weighted by Crippen LogP contribution is -2.28. The van der Waals surface area contributed by atoms with E-state index < -0.39 is 12.1 Å². The summed E-state index contributed by atoms with van der Waals surface area (Å²) in [5, 5.41) is 2.44. The number of amides is 1. The molecule has 0 aromatic carbocycles. The van der Waals surface area contributed by atoms with Crippen molar-refractivity contribution in [2.45, 2.75) is 33.1 Å². The average Bonchev–Trinajstić information content (AvgIpc) is 2.53. The number of carbonyl (C=O) groups is 3. The maximum Gasteiger partial charge on any atom is 0.407 e. The van der Waals surface area contributed by atoms with Gasteiger partial charge in [0.05, 0.1) is 25.7 Å². The first kappa shape index (κ1) is 19.9. The summed E-state index contributed by atoms with van der Waals surface area (Å²) in [5.41, 5.74) is 0. The van der Waals surface area contributed by atoms with Crippen LogP contribution in [0.3, 0.4) is 0 Å². The second-order valence-corrected chi connectivity index (χ2v) is 4.62. The van der Waals surface area contributed by atoms with Gasteiger partial charge >= 0.3 is 18.0 Å². The van der Waals surface area contributed by atoms with Gasteiger partial charge in [0.2, 0.25) is 0 Å². The van der Waals surface area contributed by atoms with E-state index in [9.17, 15) is 14.4 Å². The number of hydrogen-bond acceptors (Lipinski definition) is 6. The number of esters is 2. The van der Waals surface area contributed by atoms with Gasteiger partial charge in [0.25, 0.3) is 0 Å². The molecule has 1 N–H and O–H groups in total. The molecule has 22 heavy (non-hydrogen) atoms. The number of unbranched alkanes of at least 4 members (excludes halogenated alkanes) is 1. The number of carbonyl (C=O) groups excluding carboxylic acids is 3. The van der Waals surface area contributed by atoms with Gasteiger partial charge in [-0.1, -0.05) is 20.4 Å². The highest BCUT2D eigenvalue weighted by Gasteiger charge is 2.11. The molecule has 0 heterocycles. The lowest BCUT2D eigenvalue weighted by atomic mass is 10.1. The van der Waals surface area contributed by atoms with Gasteiger partial charge in [-0.3, -0.25) is 4.79 Å². The van der Waals surface area contributed by atoms with Crippen LogP contribution < -0.4 is 5.32 Å². The number of alkyl carbamates (subject to hydrolysis) is 1. The Morgan fingerprint density at radius 3 is 2.32 bits per heavy atom. The molecule has 0 rings (SSSR count). The topological polar surface area (TPSA) is 90.9 Å². The molecule has 7 nitrogen and oxygen atoms in total. The summed E-state index contributed by atoms with van der Waals surface area (Å²) in [4.78, 5) is 33.3. The molecule has 0 aliphatic rings. The first-order valence-electron chi connectivity index (χ1n) is 7.37. The lowest BCUT2D eigenvalue weighted by molar-refractivity contribution is -0.148. The Morgan fingerprint density at radius 1 is 1.09 bits per heavy atom. The molecule has 0 saturated heterocycles. The third-order valence-corrected chi connectivity index (χ3v) is 2.81. The summed E-state index contributed by atoms with van der Waals surface area (Å²) in [5.74, 6) is -0.824. The number of nitrogens with one attached hydrogen (secondary N) is 1. The summed E-state index contributed by atoms with van der Waals surface area (Å²) >= 11 is 0. The zero-order chi connectivity index (χ0) is 16.8. The Morgan fingerprint density at radius 2 is 1.73 bits per heavy atom. The van der Waals surface area contributed by atoms with Gasteiger partial charge in [-0.25, -0.2) is 9.59 Å². The standard InChI is InChI=1S/C15H25NO6/c1-4-12(3)14(18)21-9-6-7-10-22-15(19)16-8-11-20-13(17)5-2/h5,12H,2,4,6-11H2,1,3H3,(H,16,19). The van der Waals surface area contributed by atoms with Crippen molar-refractivity contribution in [2.75, 3.05) is 26.4 Å². The predicted molar refractivity (Wildman–Crippen MR) is 80.2 cm³/mol. The average molecular weight is 315 g/mol. The van der Waals surface area contributed by atoms with Crippen LogP contribution in [0.1, 0.15) is 33.1 Å². The van der Waals surface area contributed by atoms with Crippen molar-refractivity contribution in [1.29, 1.82) is 0 Å². The van der Waals surface area contributed by atoms with Crippen molar-refractivity contribution in [3.63, 3.8) is 0 Å². The number of rotatable bonds is 11. The van der Waals surface area contributed by atoms with E-state index in [1.54, 1.807) is 0 Å². The molecule has 0 radical (unpaired) electrons. The van der Waals surface area contributed by atoms with Crippen molar-refractivity contribution >= 4 is 18.0 Å². The molecular formula is C15H25NO6. The van der Waals surface area contributed by atoms with E-state index in [4.69, 9.17) is 9.47 Å². The Kier molecular flexibility index (Phi) is 11.5. The highest BCUT2D eigenvalue weighted by molar-refractivity contribution is 5.81. The van der Waals surface area contributed by atoms with Gasteiger partial charge < -0.3 is 19.5 Å². The molecule has 0 fully saturated rings. The second kappa shape index (κ2) is 12.7. The molecule has 0 aromatic heterocycles. The van der Waals surface area contributed by atoms with E-state index in [0.717, 1.165) is 12.5 Å². The third-order valence-electron chi connectivity index (χ3n) is 2.81. The summed E-state index contributed by atoms with van der Waals surface area (Å²) in [6.07, 6.45) is 2.46. The third kappa shape index (κ3) is 10.7. The molecule has 126 valence electrons. The lowest BCUT2D eigenvalue weighted by Gasteiger charge is -2.09. The highest BCUT2D eigenvalue weighted by atomic mass is 16.6. The Bertz CT molecular complexity index is 369. The Hall–Kier alpha value is -2.05. The molecule has 7 heteroatoms. The maximum atomic E-state index is 11.4. The number of hydrogen-bond donors (Lipinski definition) is 1. The van der Waals surface area contributed by atoms with Crippen molar-refractivity contribution in [3.8, 4) is 0 Å². The summed E-state index contributed by atoms with van der Waals surface area (Å²) in [7, 11) is 0. The minimum Gasteiger partial charge on any atom is -0.465 e. The largest absolute Gasteiger partial charge is 0.465 e. The summed E-state index contributed by atoms with van der Waals surface area (Å²) in [6.45, 7) is 7.79. The van der Waals surface area contributed by atoms with E-state index in [-0.39, 0.29) is 31.6 Å². The van der Waals surface area contributed by atoms with Crippen LogP contribution in [-0.4, -0.2) is 44.4 Å². The minimum atomic E-state index is -0.578. The minimum absolute atomic E-state index is 0.0610. The first-order chi connectivity index (χ1) is 10.5. The van der Waals surface area contributed by atoms with Crippen LogP contribution in [0.15, 0.2) is 12.7 Å². The van der Waals surface area contributed by atoms with Gasteiger partial charge in [-0.2, -0.15) is 0 Å². The fourth-order valence-corrected chi connectivity index (χ4v) is 1.27. The van der Waals surface area contributed by atoms with Gasteiger partial charge in [-0.05, 0) is 19.3 Å². The van der Waals surface area contributed by atoms with Gasteiger partial charge in [0.1, 0.15) is 6.61 Å². The van der Waals surface area contributed by atoms with E-state index >= 15 is 0 Å². The van der Waals surface area contributed by atoms with E-state index in [2.05, 4.69) is 16.6 Å². The molecular weight excluding hydrogens is 290 g/mol. The van der Waals surface area contributed by atoms with Crippen molar-refractivity contribution in [1.82, 2.24) is 5.32 Å². The smallest absolute Gasteiger partial charge is 0.407 e. The SMILES string of the molecule is C=CC(=O)OCCNC(=O)OCCCCOC(=O)C(C)CC. The predicted octanol–water partition coefficient (Wildman–Crippen LogP) is 1.81. The highest BCUT2D eigenvalue weighted by Crippen LogP contribution is 2.04. The number of ether oxygens (including phenoxy) is 3. The summed E-state index contributed by atoms with van der Waals surface area (Å²) < 4.78 is 14.6. The molecule has 0 bridgehead atoms. The fraction of sp³-hybridized carbons (Fsp3) is 0.667. The first-order valence-corrected chi connectivity index (χ1v) is 7.37. The molecule has 0 saturated carbocycles.